The van der Waals surface area contributed by atoms with Gasteiger partial charge >= 0.3 is 5.97 Å². The van der Waals surface area contributed by atoms with Crippen LogP contribution < -0.4 is 0 Å². The van der Waals surface area contributed by atoms with Gasteiger partial charge in [-0.15, -0.1) is 0 Å². The lowest BCUT2D eigenvalue weighted by atomic mass is 10.0. The number of nitrogens with zero attached hydrogens (tertiary/aromatic N) is 1. The van der Waals surface area contributed by atoms with E-state index in [1.54, 1.807) is 0 Å². The number of aliphatic carboxylic acids is 1. The van der Waals surface area contributed by atoms with Gasteiger partial charge < -0.3 is 5.11 Å². The molecular weight excluding hydrogens is 250 g/mol. The predicted octanol–water partition coefficient (Wildman–Crippen LogP) is 3.53. The van der Waals surface area contributed by atoms with Gasteiger partial charge in [-0.1, -0.05) is 49.4 Å². The Morgan fingerprint density at radius 2 is 1.85 bits per heavy atom. The van der Waals surface area contributed by atoms with E-state index in [1.165, 1.54) is 16.3 Å². The molecule has 0 saturated carbocycles. The molecule has 0 spiro atoms. The van der Waals surface area contributed by atoms with E-state index in [0.717, 1.165) is 19.5 Å². The summed E-state index contributed by atoms with van der Waals surface area (Å²) < 4.78 is 0. The van der Waals surface area contributed by atoms with Crippen LogP contribution in [0.25, 0.3) is 10.8 Å². The lowest BCUT2D eigenvalue weighted by Gasteiger charge is -2.21. The van der Waals surface area contributed by atoms with Crippen LogP contribution in [-0.4, -0.2) is 29.1 Å². The van der Waals surface area contributed by atoms with Gasteiger partial charge in [-0.25, -0.2) is 0 Å². The Bertz CT molecular complexity index is 575. The topological polar surface area (TPSA) is 40.5 Å². The van der Waals surface area contributed by atoms with E-state index in [1.807, 2.05) is 12.1 Å². The van der Waals surface area contributed by atoms with Crippen molar-refractivity contribution >= 4 is 16.7 Å². The molecule has 0 aliphatic heterocycles. The number of benzene rings is 2. The van der Waals surface area contributed by atoms with Crippen LogP contribution in [0.3, 0.4) is 0 Å². The first-order chi connectivity index (χ1) is 9.70. The van der Waals surface area contributed by atoms with Gasteiger partial charge in [0.2, 0.25) is 0 Å². The van der Waals surface area contributed by atoms with Crippen LogP contribution in [0.15, 0.2) is 42.5 Å². The number of carboxylic acids is 1. The van der Waals surface area contributed by atoms with Gasteiger partial charge in [-0.3, -0.25) is 9.69 Å². The minimum atomic E-state index is -0.732. The Morgan fingerprint density at radius 1 is 1.10 bits per heavy atom. The molecule has 1 N–H and O–H groups in total. The summed E-state index contributed by atoms with van der Waals surface area (Å²) in [7, 11) is 0. The summed E-state index contributed by atoms with van der Waals surface area (Å²) >= 11 is 0. The van der Waals surface area contributed by atoms with Gasteiger partial charge in [0.1, 0.15) is 0 Å². The van der Waals surface area contributed by atoms with Gasteiger partial charge in [0.25, 0.3) is 0 Å². The first-order valence-corrected chi connectivity index (χ1v) is 7.11. The van der Waals surface area contributed by atoms with Crippen LogP contribution in [0, 0.1) is 0 Å². The molecule has 2 aromatic carbocycles. The Labute approximate surface area is 119 Å². The van der Waals surface area contributed by atoms with E-state index in [9.17, 15) is 4.79 Å². The molecule has 2 rings (SSSR count). The van der Waals surface area contributed by atoms with Crippen molar-refractivity contribution in [2.45, 2.75) is 26.3 Å². The zero-order valence-corrected chi connectivity index (χ0v) is 11.9. The number of hydrogen-bond acceptors (Lipinski definition) is 2. The van der Waals surface area contributed by atoms with E-state index in [-0.39, 0.29) is 6.42 Å². The summed E-state index contributed by atoms with van der Waals surface area (Å²) in [4.78, 5) is 13.0. The third-order valence-corrected chi connectivity index (χ3v) is 3.46. The van der Waals surface area contributed by atoms with Crippen LogP contribution in [0.1, 0.15) is 25.3 Å². The first kappa shape index (κ1) is 14.5. The monoisotopic (exact) mass is 271 g/mol. The fraction of sp³-hybridized carbons (Fsp3) is 0.353. The molecule has 0 aliphatic rings. The Morgan fingerprint density at radius 3 is 2.60 bits per heavy atom. The molecule has 106 valence electrons. The third kappa shape index (κ3) is 3.81. The number of hydrogen-bond donors (Lipinski definition) is 1. The molecule has 0 aliphatic carbocycles. The number of fused-ring (bicyclic) bond motifs is 1. The van der Waals surface area contributed by atoms with Crippen LogP contribution >= 0.6 is 0 Å². The quantitative estimate of drug-likeness (QED) is 0.837. The van der Waals surface area contributed by atoms with Crippen LogP contribution in [0.2, 0.25) is 0 Å². The molecular formula is C17H21NO2. The highest BCUT2D eigenvalue weighted by atomic mass is 16.4. The smallest absolute Gasteiger partial charge is 0.304 e. The molecule has 0 radical (unpaired) electrons. The minimum absolute atomic E-state index is 0.199. The number of carboxylic acid groups (broad SMARTS) is 1. The summed E-state index contributed by atoms with van der Waals surface area (Å²) in [5.74, 6) is -0.732. The normalized spacial score (nSPS) is 11.1. The largest absolute Gasteiger partial charge is 0.481 e. The van der Waals surface area contributed by atoms with Crippen molar-refractivity contribution in [2.24, 2.45) is 0 Å². The van der Waals surface area contributed by atoms with E-state index < -0.39 is 5.97 Å². The summed E-state index contributed by atoms with van der Waals surface area (Å²) in [6.45, 7) is 4.46. The zero-order valence-electron chi connectivity index (χ0n) is 11.9. The van der Waals surface area contributed by atoms with E-state index in [4.69, 9.17) is 5.11 Å². The van der Waals surface area contributed by atoms with Crippen LogP contribution in [0.4, 0.5) is 0 Å². The Balaban J connectivity index is 2.17. The van der Waals surface area contributed by atoms with Gasteiger partial charge in [-0.05, 0) is 29.3 Å². The van der Waals surface area contributed by atoms with Crippen molar-refractivity contribution in [1.82, 2.24) is 4.90 Å². The Hall–Kier alpha value is -1.87. The minimum Gasteiger partial charge on any atom is -0.481 e. The van der Waals surface area contributed by atoms with Crippen LogP contribution in [0.5, 0.6) is 0 Å². The summed E-state index contributed by atoms with van der Waals surface area (Å²) in [5.41, 5.74) is 1.27. The van der Waals surface area contributed by atoms with E-state index >= 15 is 0 Å². The third-order valence-electron chi connectivity index (χ3n) is 3.46. The molecule has 0 unspecified atom stereocenters. The summed E-state index contributed by atoms with van der Waals surface area (Å²) in [6.07, 6.45) is 1.23. The zero-order chi connectivity index (χ0) is 14.4. The maximum atomic E-state index is 10.7. The average molecular weight is 271 g/mol. The average Bonchev–Trinajstić information content (AvgIpc) is 2.45. The second kappa shape index (κ2) is 7.06. The molecule has 0 bridgehead atoms. The highest BCUT2D eigenvalue weighted by Crippen LogP contribution is 2.20. The molecule has 0 amide bonds. The van der Waals surface area contributed by atoms with Gasteiger partial charge in [0.05, 0.1) is 6.42 Å². The second-order valence-corrected chi connectivity index (χ2v) is 5.06. The number of carbonyl (C=O) groups is 1. The predicted molar refractivity (Wildman–Crippen MR) is 81.8 cm³/mol. The summed E-state index contributed by atoms with van der Waals surface area (Å²) in [5, 5.41) is 11.3. The molecule has 0 fully saturated rings. The highest BCUT2D eigenvalue weighted by molar-refractivity contribution is 5.85. The molecule has 3 nitrogen and oxygen atoms in total. The standard InChI is InChI=1S/C17H21NO2/c1-2-11-18(12-10-17(19)20)13-15-8-5-7-14-6-3-4-9-16(14)15/h3-9H,2,10-13H2,1H3,(H,19,20). The lowest BCUT2D eigenvalue weighted by Crippen LogP contribution is -2.26. The van der Waals surface area contributed by atoms with Crippen molar-refractivity contribution in [3.63, 3.8) is 0 Å². The fourth-order valence-electron chi connectivity index (χ4n) is 2.51. The van der Waals surface area contributed by atoms with Crippen molar-refractivity contribution in [3.05, 3.63) is 48.0 Å². The van der Waals surface area contributed by atoms with Crippen molar-refractivity contribution in [3.8, 4) is 0 Å². The van der Waals surface area contributed by atoms with Crippen molar-refractivity contribution in [1.29, 1.82) is 0 Å². The molecule has 0 aromatic heterocycles. The van der Waals surface area contributed by atoms with Gasteiger partial charge in [0.15, 0.2) is 0 Å². The van der Waals surface area contributed by atoms with E-state index in [0.29, 0.717) is 6.54 Å². The van der Waals surface area contributed by atoms with Gasteiger partial charge in [-0.2, -0.15) is 0 Å². The van der Waals surface area contributed by atoms with E-state index in [2.05, 4.69) is 42.2 Å². The number of rotatable bonds is 7. The molecule has 3 heteroatoms. The maximum absolute atomic E-state index is 10.7. The summed E-state index contributed by atoms with van der Waals surface area (Å²) in [6, 6.07) is 14.6. The van der Waals surface area contributed by atoms with Crippen molar-refractivity contribution in [2.75, 3.05) is 13.1 Å². The van der Waals surface area contributed by atoms with Crippen molar-refractivity contribution < 1.29 is 9.90 Å². The van der Waals surface area contributed by atoms with Crippen LogP contribution in [-0.2, 0) is 11.3 Å². The Kier molecular flexibility index (Phi) is 5.13. The molecule has 0 saturated heterocycles. The first-order valence-electron chi connectivity index (χ1n) is 7.11. The maximum Gasteiger partial charge on any atom is 0.304 e. The molecule has 20 heavy (non-hydrogen) atoms. The SMILES string of the molecule is CCCN(CCC(=O)O)Cc1cccc2ccccc12. The highest BCUT2D eigenvalue weighted by Gasteiger charge is 2.09. The molecule has 0 atom stereocenters. The molecule has 0 heterocycles. The van der Waals surface area contributed by atoms with Gasteiger partial charge in [0, 0.05) is 13.1 Å². The molecule has 2 aromatic rings. The fourth-order valence-corrected chi connectivity index (χ4v) is 2.51. The second-order valence-electron chi connectivity index (χ2n) is 5.06. The lowest BCUT2D eigenvalue weighted by molar-refractivity contribution is -0.137.